The molecule has 0 atom stereocenters. The van der Waals surface area contributed by atoms with Gasteiger partial charge in [0.05, 0.1) is 0 Å². The molecule has 2 amide bonds. The van der Waals surface area contributed by atoms with Crippen molar-refractivity contribution in [2.24, 2.45) is 11.8 Å². The zero-order chi connectivity index (χ0) is 10.2. The zero-order valence-corrected chi connectivity index (χ0v) is 8.47. The lowest BCUT2D eigenvalue weighted by molar-refractivity contribution is -0.124. The predicted molar refractivity (Wildman–Crippen MR) is 49.9 cm³/mol. The van der Waals surface area contributed by atoms with Crippen molar-refractivity contribution in [3.63, 3.8) is 0 Å². The molecule has 0 aliphatic carbocycles. The first kappa shape index (κ1) is 9.96. The summed E-state index contributed by atoms with van der Waals surface area (Å²) < 4.78 is 0. The van der Waals surface area contributed by atoms with Crippen molar-refractivity contribution in [1.29, 1.82) is 0 Å². The fraction of sp³-hybridized carbons (Fsp3) is 0.600. The van der Waals surface area contributed by atoms with Gasteiger partial charge in [-0.3, -0.25) is 14.9 Å². The van der Waals surface area contributed by atoms with Crippen LogP contribution in [0.3, 0.4) is 0 Å². The van der Waals surface area contributed by atoms with Crippen LogP contribution in [-0.2, 0) is 9.59 Å². The van der Waals surface area contributed by atoms with Gasteiger partial charge in [0.15, 0.2) is 0 Å². The summed E-state index contributed by atoms with van der Waals surface area (Å²) in [5.74, 6) is -0.208. The monoisotopic (exact) mass is 181 g/mol. The average molecular weight is 181 g/mol. The van der Waals surface area contributed by atoms with Crippen molar-refractivity contribution in [2.45, 2.75) is 27.7 Å². The molecule has 0 spiro atoms. The van der Waals surface area contributed by atoms with Crippen LogP contribution < -0.4 is 5.32 Å². The van der Waals surface area contributed by atoms with E-state index in [2.05, 4.69) is 5.32 Å². The van der Waals surface area contributed by atoms with Gasteiger partial charge in [-0.05, 0) is 11.8 Å². The van der Waals surface area contributed by atoms with E-state index in [1.807, 2.05) is 27.7 Å². The van der Waals surface area contributed by atoms with Gasteiger partial charge in [0, 0.05) is 11.1 Å². The van der Waals surface area contributed by atoms with Crippen LogP contribution in [-0.4, -0.2) is 11.8 Å². The van der Waals surface area contributed by atoms with Crippen LogP contribution in [0.25, 0.3) is 0 Å². The Labute approximate surface area is 78.2 Å². The van der Waals surface area contributed by atoms with E-state index in [0.717, 1.165) is 0 Å². The number of hydrogen-bond donors (Lipinski definition) is 1. The molecule has 3 heteroatoms. The Morgan fingerprint density at radius 3 is 1.38 bits per heavy atom. The van der Waals surface area contributed by atoms with E-state index in [9.17, 15) is 9.59 Å². The number of carbonyl (C=O) groups excluding carboxylic acids is 2. The van der Waals surface area contributed by atoms with Crippen LogP contribution in [0, 0.1) is 11.8 Å². The number of carbonyl (C=O) groups is 2. The summed E-state index contributed by atoms with van der Waals surface area (Å²) >= 11 is 0. The Bertz CT molecular complexity index is 259. The van der Waals surface area contributed by atoms with Gasteiger partial charge >= 0.3 is 0 Å². The fourth-order valence-electron chi connectivity index (χ4n) is 1.63. The van der Waals surface area contributed by atoms with E-state index in [0.29, 0.717) is 11.1 Å². The van der Waals surface area contributed by atoms with Crippen molar-refractivity contribution in [3.8, 4) is 0 Å². The third-order valence-electron chi connectivity index (χ3n) is 2.16. The van der Waals surface area contributed by atoms with Crippen molar-refractivity contribution >= 4 is 11.8 Å². The van der Waals surface area contributed by atoms with Gasteiger partial charge in [0.25, 0.3) is 11.8 Å². The van der Waals surface area contributed by atoms with E-state index >= 15 is 0 Å². The number of nitrogens with one attached hydrogen (secondary N) is 1. The van der Waals surface area contributed by atoms with Crippen LogP contribution >= 0.6 is 0 Å². The molecule has 1 aliphatic rings. The lowest BCUT2D eigenvalue weighted by Crippen LogP contribution is -2.24. The molecule has 1 rings (SSSR count). The van der Waals surface area contributed by atoms with Gasteiger partial charge < -0.3 is 0 Å². The third-order valence-corrected chi connectivity index (χ3v) is 2.16. The first-order valence-electron chi connectivity index (χ1n) is 4.54. The highest BCUT2D eigenvalue weighted by Gasteiger charge is 2.32. The quantitative estimate of drug-likeness (QED) is 0.652. The maximum atomic E-state index is 11.4. The summed E-state index contributed by atoms with van der Waals surface area (Å²) in [7, 11) is 0. The van der Waals surface area contributed by atoms with E-state index in [1.54, 1.807) is 0 Å². The lowest BCUT2D eigenvalue weighted by Gasteiger charge is -2.08. The van der Waals surface area contributed by atoms with Gasteiger partial charge in [0.1, 0.15) is 0 Å². The van der Waals surface area contributed by atoms with Gasteiger partial charge in [-0.1, -0.05) is 27.7 Å². The molecule has 0 aromatic rings. The first-order valence-corrected chi connectivity index (χ1v) is 4.54. The molecule has 72 valence electrons. The van der Waals surface area contributed by atoms with Crippen molar-refractivity contribution in [3.05, 3.63) is 11.1 Å². The van der Waals surface area contributed by atoms with Crippen molar-refractivity contribution in [1.82, 2.24) is 5.32 Å². The maximum absolute atomic E-state index is 11.4. The highest BCUT2D eigenvalue weighted by atomic mass is 16.2. The molecule has 0 radical (unpaired) electrons. The molecular weight excluding hydrogens is 166 g/mol. The highest BCUT2D eigenvalue weighted by Crippen LogP contribution is 2.25. The average Bonchev–Trinajstić information content (AvgIpc) is 2.24. The molecule has 0 fully saturated rings. The SMILES string of the molecule is CC(C)C1=C(C(C)C)C(=O)NC1=O. The summed E-state index contributed by atoms with van der Waals surface area (Å²) in [5.41, 5.74) is 1.31. The molecule has 1 heterocycles. The van der Waals surface area contributed by atoms with Gasteiger partial charge in [-0.15, -0.1) is 0 Å². The molecule has 3 nitrogen and oxygen atoms in total. The number of rotatable bonds is 2. The summed E-state index contributed by atoms with van der Waals surface area (Å²) in [5, 5.41) is 2.33. The summed E-state index contributed by atoms with van der Waals surface area (Å²) in [6, 6.07) is 0. The fourth-order valence-corrected chi connectivity index (χ4v) is 1.63. The van der Waals surface area contributed by atoms with E-state index < -0.39 is 0 Å². The largest absolute Gasteiger partial charge is 0.289 e. The normalized spacial score (nSPS) is 17.7. The minimum atomic E-state index is -0.219. The number of amides is 2. The summed E-state index contributed by atoms with van der Waals surface area (Å²) in [4.78, 5) is 22.7. The Kier molecular flexibility index (Phi) is 2.55. The molecular formula is C10H15NO2. The molecule has 13 heavy (non-hydrogen) atoms. The Morgan fingerprint density at radius 1 is 0.846 bits per heavy atom. The smallest absolute Gasteiger partial charge is 0.254 e. The second-order valence-electron chi connectivity index (χ2n) is 3.92. The van der Waals surface area contributed by atoms with Gasteiger partial charge in [-0.25, -0.2) is 0 Å². The van der Waals surface area contributed by atoms with Gasteiger partial charge in [-0.2, -0.15) is 0 Å². The molecule has 0 aromatic carbocycles. The highest BCUT2D eigenvalue weighted by molar-refractivity contribution is 6.19. The summed E-state index contributed by atoms with van der Waals surface area (Å²) in [6.07, 6.45) is 0. The van der Waals surface area contributed by atoms with Crippen LogP contribution in [0.1, 0.15) is 27.7 Å². The summed E-state index contributed by atoms with van der Waals surface area (Å²) in [6.45, 7) is 7.71. The molecule has 0 unspecified atom stereocenters. The molecule has 1 N–H and O–H groups in total. The molecule has 0 bridgehead atoms. The van der Waals surface area contributed by atoms with Crippen LogP contribution in [0.4, 0.5) is 0 Å². The van der Waals surface area contributed by atoms with Crippen LogP contribution in [0.15, 0.2) is 11.1 Å². The first-order chi connectivity index (χ1) is 5.95. The van der Waals surface area contributed by atoms with Crippen molar-refractivity contribution in [2.75, 3.05) is 0 Å². The molecule has 0 aromatic heterocycles. The number of imide groups is 1. The molecule has 0 saturated heterocycles. The Balaban J connectivity index is 3.18. The topological polar surface area (TPSA) is 46.2 Å². The van der Waals surface area contributed by atoms with Gasteiger partial charge in [0.2, 0.25) is 0 Å². The zero-order valence-electron chi connectivity index (χ0n) is 8.47. The van der Waals surface area contributed by atoms with E-state index in [-0.39, 0.29) is 23.7 Å². The second-order valence-corrected chi connectivity index (χ2v) is 3.92. The Hall–Kier alpha value is -1.12. The second kappa shape index (κ2) is 3.32. The van der Waals surface area contributed by atoms with E-state index in [4.69, 9.17) is 0 Å². The van der Waals surface area contributed by atoms with Crippen LogP contribution in [0.2, 0.25) is 0 Å². The van der Waals surface area contributed by atoms with E-state index in [1.165, 1.54) is 0 Å². The maximum Gasteiger partial charge on any atom is 0.254 e. The predicted octanol–water partition coefficient (Wildman–Crippen LogP) is 1.25. The lowest BCUT2D eigenvalue weighted by atomic mass is 9.92. The van der Waals surface area contributed by atoms with Crippen LogP contribution in [0.5, 0.6) is 0 Å². The molecule has 1 aliphatic heterocycles. The molecule has 0 saturated carbocycles. The minimum Gasteiger partial charge on any atom is -0.289 e. The van der Waals surface area contributed by atoms with Crippen molar-refractivity contribution < 1.29 is 9.59 Å². The minimum absolute atomic E-state index is 0.115. The number of hydrogen-bond acceptors (Lipinski definition) is 2. The standard InChI is InChI=1S/C10H15NO2/c1-5(2)7-8(6(3)4)10(13)11-9(7)12/h5-6H,1-4H3,(H,11,12,13). The third kappa shape index (κ3) is 1.64. The Morgan fingerprint density at radius 2 is 1.15 bits per heavy atom.